The minimum atomic E-state index is -1.13. The number of nitro benzene ring substituents is 1. The summed E-state index contributed by atoms with van der Waals surface area (Å²) in [5.41, 5.74) is 0.0189. The number of nitrogens with one attached hydrogen (secondary N) is 1. The van der Waals surface area contributed by atoms with Crippen LogP contribution >= 0.6 is 0 Å². The fraction of sp³-hybridized carbons (Fsp3) is 0.250. The molecule has 2 aliphatic heterocycles. The van der Waals surface area contributed by atoms with Gasteiger partial charge < -0.3 is 10.1 Å². The Morgan fingerprint density at radius 3 is 2.72 bits per heavy atom. The van der Waals surface area contributed by atoms with Gasteiger partial charge in [-0.2, -0.15) is 0 Å². The molecular formula is C20H17N3O6. The first kappa shape index (κ1) is 18.6. The van der Waals surface area contributed by atoms with Crippen molar-refractivity contribution in [3.05, 3.63) is 69.3 Å². The Morgan fingerprint density at radius 2 is 1.97 bits per heavy atom. The van der Waals surface area contributed by atoms with Gasteiger partial charge in [-0.05, 0) is 19.1 Å². The summed E-state index contributed by atoms with van der Waals surface area (Å²) >= 11 is 0. The first-order chi connectivity index (χ1) is 13.9. The number of amides is 3. The van der Waals surface area contributed by atoms with Crippen LogP contribution in [0.25, 0.3) is 0 Å². The van der Waals surface area contributed by atoms with Crippen molar-refractivity contribution < 1.29 is 24.0 Å². The molecule has 0 saturated carbocycles. The zero-order valence-electron chi connectivity index (χ0n) is 15.5. The summed E-state index contributed by atoms with van der Waals surface area (Å²) in [6.07, 6.45) is 0.545. The molecule has 2 atom stereocenters. The molecular weight excluding hydrogens is 378 g/mol. The van der Waals surface area contributed by atoms with Crippen LogP contribution in [0, 0.1) is 10.1 Å². The van der Waals surface area contributed by atoms with Crippen molar-refractivity contribution in [3.8, 4) is 5.75 Å². The topological polar surface area (TPSA) is 119 Å². The maximum absolute atomic E-state index is 12.8. The fourth-order valence-electron chi connectivity index (χ4n) is 3.69. The molecule has 0 radical (unpaired) electrons. The normalized spacial score (nSPS) is 18.5. The van der Waals surface area contributed by atoms with Crippen LogP contribution in [0.4, 0.5) is 5.69 Å². The van der Waals surface area contributed by atoms with Crippen molar-refractivity contribution in [3.63, 3.8) is 0 Å². The monoisotopic (exact) mass is 395 g/mol. The van der Waals surface area contributed by atoms with Crippen LogP contribution < -0.4 is 10.1 Å². The third-order valence-electron chi connectivity index (χ3n) is 5.16. The molecule has 0 unspecified atom stereocenters. The number of carbonyl (C=O) groups is 3. The maximum atomic E-state index is 12.8. The first-order valence-corrected chi connectivity index (χ1v) is 9.07. The van der Waals surface area contributed by atoms with Crippen LogP contribution in [-0.2, 0) is 4.79 Å². The van der Waals surface area contributed by atoms with E-state index in [4.69, 9.17) is 4.74 Å². The van der Waals surface area contributed by atoms with E-state index >= 15 is 0 Å². The Morgan fingerprint density at radius 1 is 1.21 bits per heavy atom. The van der Waals surface area contributed by atoms with Gasteiger partial charge in [0.2, 0.25) is 5.91 Å². The maximum Gasteiger partial charge on any atom is 0.282 e. The van der Waals surface area contributed by atoms with Gasteiger partial charge in [0.05, 0.1) is 23.1 Å². The summed E-state index contributed by atoms with van der Waals surface area (Å²) in [5, 5.41) is 14.1. The smallest absolute Gasteiger partial charge is 0.282 e. The van der Waals surface area contributed by atoms with E-state index in [9.17, 15) is 24.5 Å². The van der Waals surface area contributed by atoms with Crippen molar-refractivity contribution in [2.75, 3.05) is 6.61 Å². The lowest BCUT2D eigenvalue weighted by Crippen LogP contribution is -2.49. The van der Waals surface area contributed by atoms with E-state index in [1.807, 2.05) is 18.2 Å². The highest BCUT2D eigenvalue weighted by Crippen LogP contribution is 2.33. The van der Waals surface area contributed by atoms with Gasteiger partial charge in [0.1, 0.15) is 17.4 Å². The number of rotatable bonds is 4. The molecule has 2 heterocycles. The number of fused-ring (bicyclic) bond motifs is 2. The summed E-state index contributed by atoms with van der Waals surface area (Å²) < 4.78 is 5.57. The lowest BCUT2D eigenvalue weighted by molar-refractivity contribution is -0.385. The molecule has 0 spiro atoms. The van der Waals surface area contributed by atoms with Crippen molar-refractivity contribution in [1.29, 1.82) is 0 Å². The Kier molecular flexibility index (Phi) is 4.50. The molecule has 2 aromatic carbocycles. The molecule has 3 amide bonds. The number of nitro groups is 1. The fourth-order valence-corrected chi connectivity index (χ4v) is 3.69. The Balaban J connectivity index is 1.58. The molecule has 148 valence electrons. The van der Waals surface area contributed by atoms with E-state index in [1.54, 1.807) is 6.07 Å². The molecule has 9 heteroatoms. The minimum absolute atomic E-state index is 0.0692. The van der Waals surface area contributed by atoms with E-state index in [2.05, 4.69) is 5.32 Å². The second-order valence-corrected chi connectivity index (χ2v) is 6.85. The van der Waals surface area contributed by atoms with E-state index in [0.717, 1.165) is 16.5 Å². The minimum Gasteiger partial charge on any atom is -0.493 e. The Labute approximate surface area is 165 Å². The van der Waals surface area contributed by atoms with E-state index in [0.29, 0.717) is 18.8 Å². The number of para-hydroxylation sites is 1. The second kappa shape index (κ2) is 7.01. The van der Waals surface area contributed by atoms with Crippen LogP contribution in [0.15, 0.2) is 42.5 Å². The Bertz CT molecular complexity index is 1050. The molecule has 9 nitrogen and oxygen atoms in total. The molecule has 0 bridgehead atoms. The zero-order chi connectivity index (χ0) is 20.7. The molecule has 0 fully saturated rings. The van der Waals surface area contributed by atoms with E-state index in [1.165, 1.54) is 19.1 Å². The van der Waals surface area contributed by atoms with Gasteiger partial charge in [0.25, 0.3) is 17.5 Å². The zero-order valence-corrected chi connectivity index (χ0v) is 15.5. The van der Waals surface area contributed by atoms with Crippen LogP contribution in [-0.4, -0.2) is 40.2 Å². The molecule has 1 N–H and O–H groups in total. The number of nitrogens with zero attached hydrogens (tertiary/aromatic N) is 2. The van der Waals surface area contributed by atoms with Crippen molar-refractivity contribution >= 4 is 23.4 Å². The summed E-state index contributed by atoms with van der Waals surface area (Å²) in [6.45, 7) is 1.85. The SMILES string of the molecule is C[C@@H](C(=O)N[C@@H]1CCOc2ccccc21)N1C(=O)c2cccc([N+](=O)[O-])c2C1=O. The van der Waals surface area contributed by atoms with Crippen molar-refractivity contribution in [2.45, 2.75) is 25.4 Å². The van der Waals surface area contributed by atoms with Crippen molar-refractivity contribution in [1.82, 2.24) is 10.2 Å². The number of ether oxygens (including phenoxy) is 1. The lowest BCUT2D eigenvalue weighted by atomic mass is 10.00. The van der Waals surface area contributed by atoms with Gasteiger partial charge in [-0.15, -0.1) is 0 Å². The van der Waals surface area contributed by atoms with Gasteiger partial charge in [0, 0.05) is 18.1 Å². The summed E-state index contributed by atoms with van der Waals surface area (Å²) in [4.78, 5) is 49.6. The molecule has 29 heavy (non-hydrogen) atoms. The van der Waals surface area contributed by atoms with E-state index < -0.39 is 34.4 Å². The van der Waals surface area contributed by atoms with Gasteiger partial charge in [-0.3, -0.25) is 29.4 Å². The molecule has 4 rings (SSSR count). The molecule has 2 aliphatic rings. The second-order valence-electron chi connectivity index (χ2n) is 6.85. The molecule has 0 aliphatic carbocycles. The van der Waals surface area contributed by atoms with Crippen LogP contribution in [0.5, 0.6) is 5.75 Å². The summed E-state index contributed by atoms with van der Waals surface area (Å²) in [7, 11) is 0. The Hall–Kier alpha value is -3.75. The average molecular weight is 395 g/mol. The lowest BCUT2D eigenvalue weighted by Gasteiger charge is -2.29. The summed E-state index contributed by atoms with van der Waals surface area (Å²) in [5.74, 6) is -1.41. The van der Waals surface area contributed by atoms with E-state index in [-0.39, 0.29) is 17.2 Å². The van der Waals surface area contributed by atoms with Crippen LogP contribution in [0.2, 0.25) is 0 Å². The number of hydrogen-bond acceptors (Lipinski definition) is 6. The van der Waals surface area contributed by atoms with Gasteiger partial charge in [-0.1, -0.05) is 24.3 Å². The highest BCUT2D eigenvalue weighted by atomic mass is 16.6. The van der Waals surface area contributed by atoms with Crippen LogP contribution in [0.3, 0.4) is 0 Å². The third kappa shape index (κ3) is 3.00. The number of benzene rings is 2. The van der Waals surface area contributed by atoms with Crippen molar-refractivity contribution in [2.24, 2.45) is 0 Å². The predicted octanol–water partition coefficient (Wildman–Crippen LogP) is 2.22. The molecule has 0 aromatic heterocycles. The highest BCUT2D eigenvalue weighted by molar-refractivity contribution is 6.24. The van der Waals surface area contributed by atoms with Crippen LogP contribution in [0.1, 0.15) is 45.7 Å². The largest absolute Gasteiger partial charge is 0.493 e. The average Bonchev–Trinajstić information content (AvgIpc) is 2.98. The van der Waals surface area contributed by atoms with Gasteiger partial charge in [0.15, 0.2) is 0 Å². The predicted molar refractivity (Wildman–Crippen MR) is 100 cm³/mol. The standard InChI is InChI=1S/C20H17N3O6/c1-11(18(24)21-14-9-10-29-16-8-3-2-5-12(14)16)22-19(25)13-6-4-7-15(23(27)28)17(13)20(22)26/h2-8,11,14H,9-10H2,1H3,(H,21,24)/t11-,14+/m0/s1. The summed E-state index contributed by atoms with van der Waals surface area (Å²) in [6, 6.07) is 9.72. The number of hydrogen-bond donors (Lipinski definition) is 1. The highest BCUT2D eigenvalue weighted by Gasteiger charge is 2.45. The molecule has 2 aromatic rings. The third-order valence-corrected chi connectivity index (χ3v) is 5.16. The quantitative estimate of drug-likeness (QED) is 0.482. The number of carbonyl (C=O) groups excluding carboxylic acids is 3. The van der Waals surface area contributed by atoms with Gasteiger partial charge in [-0.25, -0.2) is 0 Å². The van der Waals surface area contributed by atoms with Gasteiger partial charge >= 0.3 is 0 Å². The first-order valence-electron chi connectivity index (χ1n) is 9.07. The number of imide groups is 1. The molecule has 0 saturated heterocycles.